The number of aliphatic hydroxyl groups is 1. The first-order valence-corrected chi connectivity index (χ1v) is 22.1. The van der Waals surface area contributed by atoms with Crippen molar-refractivity contribution in [3.8, 4) is 21.4 Å². The van der Waals surface area contributed by atoms with Gasteiger partial charge in [0, 0.05) is 30.5 Å². The Bertz CT molecular complexity index is 2560. The summed E-state index contributed by atoms with van der Waals surface area (Å²) >= 11 is 2.35. The quantitative estimate of drug-likeness (QED) is 0.0395. The molecule has 5 N–H and O–H groups in total. The molecule has 0 bridgehead atoms. The first-order valence-electron chi connectivity index (χ1n) is 18.9. The summed E-state index contributed by atoms with van der Waals surface area (Å²) in [5, 5.41) is 33.7. The van der Waals surface area contributed by atoms with E-state index < -0.39 is 31.3 Å². The molecular formula is C40H47F6N8O5PS2. The van der Waals surface area contributed by atoms with Crippen molar-refractivity contribution in [1.82, 2.24) is 30.4 Å². The predicted octanol–water partition coefficient (Wildman–Crippen LogP) is 10.9. The van der Waals surface area contributed by atoms with Crippen LogP contribution in [0.5, 0.6) is 0 Å². The number of aryl methyl sites for hydroxylation is 2. The number of pyridine rings is 2. The molecule has 0 amide bonds. The van der Waals surface area contributed by atoms with Crippen LogP contribution in [-0.2, 0) is 21.4 Å². The van der Waals surface area contributed by atoms with Crippen LogP contribution in [0, 0.1) is 13.8 Å². The summed E-state index contributed by atoms with van der Waals surface area (Å²) in [6.07, 6.45) is -4.44. The first-order chi connectivity index (χ1) is 28.4. The molecule has 2 aliphatic carbocycles. The van der Waals surface area contributed by atoms with Gasteiger partial charge in [-0.05, 0) is 123 Å². The number of phosphoric ester groups is 1. The van der Waals surface area contributed by atoms with Crippen molar-refractivity contribution in [2.24, 2.45) is 0 Å². The smallest absolute Gasteiger partial charge is 0.396 e. The van der Waals surface area contributed by atoms with Crippen molar-refractivity contribution < 1.29 is 50.3 Å². The van der Waals surface area contributed by atoms with Crippen LogP contribution in [-0.4, -0.2) is 71.6 Å². The summed E-state index contributed by atoms with van der Waals surface area (Å²) in [5.41, 5.74) is 1.95. The third-order valence-electron chi connectivity index (χ3n) is 9.75. The van der Waals surface area contributed by atoms with Crippen molar-refractivity contribution in [2.75, 3.05) is 36.9 Å². The van der Waals surface area contributed by atoms with E-state index >= 15 is 0 Å². The highest BCUT2D eigenvalue weighted by Crippen LogP contribution is 2.47. The van der Waals surface area contributed by atoms with Crippen LogP contribution in [0.3, 0.4) is 0 Å². The van der Waals surface area contributed by atoms with E-state index in [2.05, 4.69) is 45.5 Å². The Kier molecular flexibility index (Phi) is 15.4. The van der Waals surface area contributed by atoms with E-state index in [9.17, 15) is 30.9 Å². The molecule has 2 aromatic carbocycles. The Morgan fingerprint density at radius 1 is 0.694 bits per heavy atom. The van der Waals surface area contributed by atoms with Crippen LogP contribution in [0.25, 0.3) is 43.2 Å². The van der Waals surface area contributed by atoms with Crippen molar-refractivity contribution in [1.29, 1.82) is 0 Å². The van der Waals surface area contributed by atoms with Gasteiger partial charge in [-0.1, -0.05) is 37.5 Å². The molecule has 22 heteroatoms. The number of nitrogens with one attached hydrogen (secondary N) is 2. The van der Waals surface area contributed by atoms with Crippen LogP contribution >= 0.6 is 30.5 Å². The summed E-state index contributed by atoms with van der Waals surface area (Å²) in [4.78, 5) is 25.9. The average Bonchev–Trinajstić information content (AvgIpc) is 4.11. The molecule has 0 saturated heterocycles. The molecule has 4 heterocycles. The van der Waals surface area contributed by atoms with E-state index in [1.165, 1.54) is 23.5 Å². The topological polar surface area (TPSA) is 188 Å². The van der Waals surface area contributed by atoms with Crippen molar-refractivity contribution in [3.05, 3.63) is 69.8 Å². The molecule has 6 aromatic rings. The standard InChI is InChI=1S/C19H20F3N4O4PS.C19H19F3N4OS.2CH4/c1-10-7-15(17-25-26-18(32-17)23-5-2-6-30-31(27,28)29)24-16-13(10)8-12(11-3-4-11)9-14(16)19(20,21)22;1-10-7-15(17-25-26-18(28-17)23-5-2-6-27)24-16-13(10)8-12(11-3-4-11)9-14(16)19(20,21)22;;/h7-9,11H,2-6H2,1H3,(H,23,26)(H2,27,28,29);7-9,11,27H,2-6H2,1H3,(H,23,26);2*1H4. The predicted molar refractivity (Wildman–Crippen MR) is 229 cm³/mol. The van der Waals surface area contributed by atoms with Crippen LogP contribution in [0.15, 0.2) is 36.4 Å². The normalized spacial score (nSPS) is 14.2. The molecule has 0 unspecified atom stereocenters. The number of fused-ring (bicyclic) bond motifs is 2. The Morgan fingerprint density at radius 3 is 1.48 bits per heavy atom. The second-order valence-electron chi connectivity index (χ2n) is 14.6. The maximum atomic E-state index is 13.8. The molecule has 2 fully saturated rings. The molecule has 336 valence electrons. The number of rotatable bonds is 14. The van der Waals surface area contributed by atoms with Gasteiger partial charge in [-0.2, -0.15) is 26.3 Å². The lowest BCUT2D eigenvalue weighted by Crippen LogP contribution is -2.08. The number of aliphatic hydroxyl groups excluding tert-OH is 1. The number of phosphoric acid groups is 1. The van der Waals surface area contributed by atoms with Gasteiger partial charge in [-0.3, -0.25) is 4.52 Å². The number of halogens is 6. The maximum absolute atomic E-state index is 13.8. The van der Waals surface area contributed by atoms with E-state index in [-0.39, 0.29) is 50.9 Å². The zero-order valence-corrected chi connectivity index (χ0v) is 34.6. The lowest BCUT2D eigenvalue weighted by atomic mass is 9.98. The highest BCUT2D eigenvalue weighted by atomic mass is 32.1. The maximum Gasteiger partial charge on any atom is 0.469 e. The first kappa shape index (κ1) is 48.7. The van der Waals surface area contributed by atoms with E-state index in [1.807, 2.05) is 6.07 Å². The van der Waals surface area contributed by atoms with Gasteiger partial charge in [0.05, 0.1) is 28.8 Å². The minimum absolute atomic E-state index is 0. The number of hydrogen-bond acceptors (Lipinski definition) is 13. The summed E-state index contributed by atoms with van der Waals surface area (Å²) in [5.74, 6) is 0.406. The molecule has 0 aliphatic heterocycles. The fourth-order valence-electron chi connectivity index (χ4n) is 6.50. The van der Waals surface area contributed by atoms with Crippen LogP contribution < -0.4 is 10.6 Å². The Morgan fingerprint density at radius 2 is 1.11 bits per heavy atom. The molecule has 13 nitrogen and oxygen atoms in total. The van der Waals surface area contributed by atoms with Gasteiger partial charge in [0.25, 0.3) is 0 Å². The molecular weight excluding hydrogens is 882 g/mol. The zero-order valence-electron chi connectivity index (χ0n) is 32.1. The number of anilines is 2. The Hall–Kier alpha value is -4.37. The molecule has 4 aromatic heterocycles. The third kappa shape index (κ3) is 12.0. The summed E-state index contributed by atoms with van der Waals surface area (Å²) in [6, 6.07) is 9.58. The number of hydrogen-bond donors (Lipinski definition) is 5. The third-order valence-corrected chi connectivity index (χ3v) is 12.1. The van der Waals surface area contributed by atoms with E-state index in [0.717, 1.165) is 48.1 Å². The number of nitrogens with zero attached hydrogens (tertiary/aromatic N) is 6. The summed E-state index contributed by atoms with van der Waals surface area (Å²) in [6.45, 7) is 4.33. The zero-order chi connectivity index (χ0) is 43.0. The molecule has 2 saturated carbocycles. The van der Waals surface area contributed by atoms with Gasteiger partial charge in [0.2, 0.25) is 10.3 Å². The molecule has 62 heavy (non-hydrogen) atoms. The van der Waals surface area contributed by atoms with Gasteiger partial charge in [0.1, 0.15) is 11.4 Å². The fraction of sp³-hybridized carbons (Fsp3) is 0.450. The van der Waals surface area contributed by atoms with Gasteiger partial charge in [-0.15, -0.1) is 20.4 Å². The minimum Gasteiger partial charge on any atom is -0.396 e. The second kappa shape index (κ2) is 19.6. The number of aromatic nitrogens is 6. The van der Waals surface area contributed by atoms with E-state index in [0.29, 0.717) is 79.5 Å². The summed E-state index contributed by atoms with van der Waals surface area (Å²) in [7, 11) is -4.50. The van der Waals surface area contributed by atoms with Crippen LogP contribution in [0.4, 0.5) is 36.6 Å². The molecule has 0 spiro atoms. The Labute approximate surface area is 361 Å². The molecule has 0 radical (unpaired) electrons. The van der Waals surface area contributed by atoms with Gasteiger partial charge < -0.3 is 25.5 Å². The minimum atomic E-state index is -4.52. The largest absolute Gasteiger partial charge is 0.469 e. The van der Waals surface area contributed by atoms with E-state index in [4.69, 9.17) is 14.9 Å². The van der Waals surface area contributed by atoms with Gasteiger partial charge in [-0.25, -0.2) is 14.5 Å². The SMILES string of the molecule is C.C.Cc1cc(-c2nnc(NCCCO)s2)nc2c(C(F)(F)F)cc(C3CC3)cc12.Cc1cc(-c2nnc(NCCCOP(=O)(O)O)s2)nc2c(C(F)(F)F)cc(C3CC3)cc12. The number of alkyl halides is 6. The second-order valence-corrected chi connectivity index (χ2v) is 17.7. The molecule has 8 rings (SSSR count). The Balaban J connectivity index is 0.000000229. The van der Waals surface area contributed by atoms with Crippen LogP contribution in [0.2, 0.25) is 0 Å². The molecule has 0 atom stereocenters. The van der Waals surface area contributed by atoms with E-state index in [1.54, 1.807) is 32.0 Å². The summed E-state index contributed by atoms with van der Waals surface area (Å²) < 4.78 is 97.6. The van der Waals surface area contributed by atoms with Crippen molar-refractivity contribution in [3.63, 3.8) is 0 Å². The van der Waals surface area contributed by atoms with Crippen LogP contribution in [0.1, 0.15) is 98.6 Å². The average molecular weight is 929 g/mol. The van der Waals surface area contributed by atoms with Gasteiger partial charge in [0.15, 0.2) is 10.0 Å². The lowest BCUT2D eigenvalue weighted by Gasteiger charge is -2.14. The lowest BCUT2D eigenvalue weighted by molar-refractivity contribution is -0.137. The highest BCUT2D eigenvalue weighted by Gasteiger charge is 2.38. The molecule has 2 aliphatic rings. The van der Waals surface area contributed by atoms with Crippen molar-refractivity contribution >= 4 is 62.6 Å². The number of benzene rings is 2. The van der Waals surface area contributed by atoms with Gasteiger partial charge >= 0.3 is 20.2 Å². The van der Waals surface area contributed by atoms with Crippen molar-refractivity contribution in [2.45, 2.75) is 91.4 Å². The highest BCUT2D eigenvalue weighted by molar-refractivity contribution is 7.46. The fourth-order valence-corrected chi connectivity index (χ4v) is 8.33. The monoisotopic (exact) mass is 928 g/mol.